The molecular weight excluding hydrogens is 342 g/mol. The van der Waals surface area contributed by atoms with Crippen LogP contribution in [0.2, 0.25) is 5.15 Å². The lowest BCUT2D eigenvalue weighted by atomic mass is 10.2. The quantitative estimate of drug-likeness (QED) is 0.708. The number of methoxy groups -OCH3 is 2. The van der Waals surface area contributed by atoms with Gasteiger partial charge in [0.05, 0.1) is 19.9 Å². The van der Waals surface area contributed by atoms with Crippen molar-refractivity contribution in [1.82, 2.24) is 9.38 Å². The maximum Gasteiger partial charge on any atom is 0.248 e. The van der Waals surface area contributed by atoms with E-state index in [4.69, 9.17) is 21.1 Å². The van der Waals surface area contributed by atoms with E-state index < -0.39 is 0 Å². The van der Waals surface area contributed by atoms with Crippen molar-refractivity contribution in [1.29, 1.82) is 0 Å². The van der Waals surface area contributed by atoms with Crippen molar-refractivity contribution >= 4 is 34.9 Å². The number of ether oxygens (including phenoxy) is 2. The van der Waals surface area contributed by atoms with E-state index in [-0.39, 0.29) is 5.91 Å². The molecule has 0 fully saturated rings. The number of hydrogen-bond donors (Lipinski definition) is 1. The summed E-state index contributed by atoms with van der Waals surface area (Å²) in [6.07, 6.45) is 4.86. The number of nitrogens with one attached hydrogen (secondary N) is 1. The van der Waals surface area contributed by atoms with Gasteiger partial charge in [-0.2, -0.15) is 0 Å². The molecule has 0 bridgehead atoms. The van der Waals surface area contributed by atoms with Crippen molar-refractivity contribution in [2.24, 2.45) is 0 Å². The highest BCUT2D eigenvalue weighted by molar-refractivity contribution is 6.31. The van der Waals surface area contributed by atoms with Gasteiger partial charge >= 0.3 is 0 Å². The van der Waals surface area contributed by atoms with Crippen LogP contribution < -0.4 is 14.8 Å². The Morgan fingerprint density at radius 3 is 2.76 bits per heavy atom. The third kappa shape index (κ3) is 3.59. The number of aromatic nitrogens is 2. The summed E-state index contributed by atoms with van der Waals surface area (Å²) >= 11 is 6.14. The third-order valence-electron chi connectivity index (χ3n) is 3.57. The fraction of sp³-hybridized carbons (Fsp3) is 0.111. The van der Waals surface area contributed by atoms with Crippen molar-refractivity contribution in [2.75, 3.05) is 19.5 Å². The van der Waals surface area contributed by atoms with Gasteiger partial charge in [-0.1, -0.05) is 17.7 Å². The fourth-order valence-corrected chi connectivity index (χ4v) is 2.63. The zero-order valence-electron chi connectivity index (χ0n) is 13.7. The number of halogens is 1. The number of anilines is 1. The molecule has 1 N–H and O–H groups in total. The Morgan fingerprint density at radius 2 is 2.00 bits per heavy atom. The lowest BCUT2D eigenvalue weighted by molar-refractivity contribution is -0.111. The molecule has 25 heavy (non-hydrogen) atoms. The Labute approximate surface area is 149 Å². The molecule has 0 aliphatic carbocycles. The number of fused-ring (bicyclic) bond motifs is 1. The smallest absolute Gasteiger partial charge is 0.248 e. The first kappa shape index (κ1) is 16.9. The number of carbonyl (C=O) groups is 1. The van der Waals surface area contributed by atoms with Crippen LogP contribution in [0, 0.1) is 0 Å². The molecule has 2 aromatic heterocycles. The minimum atomic E-state index is -0.297. The maximum atomic E-state index is 12.2. The van der Waals surface area contributed by atoms with E-state index in [1.807, 2.05) is 28.8 Å². The average Bonchev–Trinajstić information content (AvgIpc) is 2.95. The molecule has 3 aromatic rings. The number of carbonyl (C=O) groups excluding carboxylic acids is 1. The van der Waals surface area contributed by atoms with E-state index in [1.54, 1.807) is 31.4 Å². The molecule has 0 aliphatic heterocycles. The standard InChI is InChI=1S/C18H16ClN3O3/c1-24-14-8-6-12(11-15(14)25-2)20-17(23)9-7-13-18(19)21-16-5-3-4-10-22(13)16/h3-11H,1-2H3,(H,20,23). The van der Waals surface area contributed by atoms with Crippen LogP contribution >= 0.6 is 11.6 Å². The van der Waals surface area contributed by atoms with Gasteiger partial charge in [0.15, 0.2) is 16.7 Å². The SMILES string of the molecule is COc1ccc(NC(=O)C=Cc2c(Cl)nc3ccccn23)cc1OC. The van der Waals surface area contributed by atoms with Crippen molar-refractivity contribution < 1.29 is 14.3 Å². The lowest BCUT2D eigenvalue weighted by Gasteiger charge is -2.09. The van der Waals surface area contributed by atoms with Crippen LogP contribution in [-0.2, 0) is 4.79 Å². The number of amides is 1. The van der Waals surface area contributed by atoms with E-state index in [0.717, 1.165) is 0 Å². The summed E-state index contributed by atoms with van der Waals surface area (Å²) in [6.45, 7) is 0. The molecule has 2 heterocycles. The highest BCUT2D eigenvalue weighted by atomic mass is 35.5. The van der Waals surface area contributed by atoms with E-state index in [9.17, 15) is 4.79 Å². The third-order valence-corrected chi connectivity index (χ3v) is 3.84. The molecule has 0 saturated heterocycles. The van der Waals surface area contributed by atoms with Gasteiger partial charge < -0.3 is 14.8 Å². The van der Waals surface area contributed by atoms with Crippen molar-refractivity contribution in [2.45, 2.75) is 0 Å². The minimum absolute atomic E-state index is 0.297. The van der Waals surface area contributed by atoms with Gasteiger partial charge in [0.25, 0.3) is 0 Å². The molecule has 0 saturated carbocycles. The molecule has 0 atom stereocenters. The van der Waals surface area contributed by atoms with Crippen LogP contribution in [0.1, 0.15) is 5.69 Å². The number of benzene rings is 1. The number of nitrogens with zero attached hydrogens (tertiary/aromatic N) is 2. The van der Waals surface area contributed by atoms with E-state index in [1.165, 1.54) is 13.2 Å². The number of imidazole rings is 1. The second-order valence-corrected chi connectivity index (χ2v) is 5.47. The molecule has 0 spiro atoms. The minimum Gasteiger partial charge on any atom is -0.493 e. The van der Waals surface area contributed by atoms with Gasteiger partial charge in [0.1, 0.15) is 5.65 Å². The zero-order valence-corrected chi connectivity index (χ0v) is 14.4. The van der Waals surface area contributed by atoms with Gasteiger partial charge in [-0.05, 0) is 30.3 Å². The van der Waals surface area contributed by atoms with Gasteiger partial charge in [-0.25, -0.2) is 4.98 Å². The molecule has 1 amide bonds. The molecule has 0 unspecified atom stereocenters. The van der Waals surface area contributed by atoms with Crippen LogP contribution in [0.15, 0.2) is 48.7 Å². The van der Waals surface area contributed by atoms with Gasteiger partial charge in [0.2, 0.25) is 5.91 Å². The van der Waals surface area contributed by atoms with Crippen LogP contribution in [0.5, 0.6) is 11.5 Å². The fourth-order valence-electron chi connectivity index (χ4n) is 2.39. The van der Waals surface area contributed by atoms with Crippen molar-refractivity contribution in [3.05, 3.63) is 59.5 Å². The first-order chi connectivity index (χ1) is 12.1. The largest absolute Gasteiger partial charge is 0.493 e. The maximum absolute atomic E-state index is 12.2. The normalized spacial score (nSPS) is 11.0. The number of pyridine rings is 1. The van der Waals surface area contributed by atoms with Crippen LogP contribution in [0.3, 0.4) is 0 Å². The highest BCUT2D eigenvalue weighted by Crippen LogP contribution is 2.29. The van der Waals surface area contributed by atoms with Crippen LogP contribution in [0.4, 0.5) is 5.69 Å². The predicted molar refractivity (Wildman–Crippen MR) is 97.4 cm³/mol. The molecule has 1 aromatic carbocycles. The van der Waals surface area contributed by atoms with Crippen LogP contribution in [0.25, 0.3) is 11.7 Å². The van der Waals surface area contributed by atoms with E-state index >= 15 is 0 Å². The van der Waals surface area contributed by atoms with Gasteiger partial charge in [0, 0.05) is 24.0 Å². The first-order valence-electron chi connectivity index (χ1n) is 7.46. The molecule has 7 heteroatoms. The number of hydrogen-bond acceptors (Lipinski definition) is 4. The van der Waals surface area contributed by atoms with Crippen molar-refractivity contribution in [3.8, 4) is 11.5 Å². The highest BCUT2D eigenvalue weighted by Gasteiger charge is 2.08. The molecule has 3 rings (SSSR count). The summed E-state index contributed by atoms with van der Waals surface area (Å²) in [5, 5.41) is 3.10. The molecule has 0 radical (unpaired) electrons. The molecule has 0 aliphatic rings. The summed E-state index contributed by atoms with van der Waals surface area (Å²) in [7, 11) is 3.09. The first-order valence-corrected chi connectivity index (χ1v) is 7.84. The van der Waals surface area contributed by atoms with Crippen molar-refractivity contribution in [3.63, 3.8) is 0 Å². The Balaban J connectivity index is 1.78. The Bertz CT molecular complexity index is 950. The Hall–Kier alpha value is -2.99. The summed E-state index contributed by atoms with van der Waals surface area (Å²) in [4.78, 5) is 16.4. The molecule has 128 valence electrons. The molecule has 6 nitrogen and oxygen atoms in total. The summed E-state index contributed by atoms with van der Waals surface area (Å²) in [5.41, 5.74) is 1.95. The summed E-state index contributed by atoms with van der Waals surface area (Å²) in [6, 6.07) is 10.7. The van der Waals surface area contributed by atoms with Crippen LogP contribution in [-0.4, -0.2) is 29.5 Å². The van der Waals surface area contributed by atoms with E-state index in [2.05, 4.69) is 10.3 Å². The second-order valence-electron chi connectivity index (χ2n) is 5.11. The predicted octanol–water partition coefficient (Wildman–Crippen LogP) is 3.66. The molecular formula is C18H16ClN3O3. The van der Waals surface area contributed by atoms with Gasteiger partial charge in [-0.15, -0.1) is 0 Å². The monoisotopic (exact) mass is 357 g/mol. The number of rotatable bonds is 5. The van der Waals surface area contributed by atoms with Gasteiger partial charge in [-0.3, -0.25) is 9.20 Å². The Kier molecular flexibility index (Phi) is 4.90. The lowest BCUT2D eigenvalue weighted by Crippen LogP contribution is -2.08. The topological polar surface area (TPSA) is 64.9 Å². The Morgan fingerprint density at radius 1 is 1.20 bits per heavy atom. The zero-order chi connectivity index (χ0) is 17.8. The van der Waals surface area contributed by atoms with E-state index in [0.29, 0.717) is 33.7 Å². The summed E-state index contributed by atoms with van der Waals surface area (Å²) < 4.78 is 12.2. The average molecular weight is 358 g/mol. The summed E-state index contributed by atoms with van der Waals surface area (Å²) in [5.74, 6) is 0.830. The second kappa shape index (κ2) is 7.27.